The van der Waals surface area contributed by atoms with E-state index < -0.39 is 0 Å². The monoisotopic (exact) mass is 535 g/mol. The fourth-order valence-corrected chi connectivity index (χ4v) is 6.28. The summed E-state index contributed by atoms with van der Waals surface area (Å²) in [6.45, 7) is 14.6. The smallest absolute Gasteiger partial charge is 0.317 e. The Morgan fingerprint density at radius 3 is 2.49 bits per heavy atom. The van der Waals surface area contributed by atoms with Crippen molar-refractivity contribution in [2.75, 3.05) is 49.5 Å². The second-order valence-corrected chi connectivity index (χ2v) is 12.9. The zero-order chi connectivity index (χ0) is 27.7. The first-order valence-electron chi connectivity index (χ1n) is 14.5. The third kappa shape index (κ3) is 6.40. The number of urea groups is 1. The van der Waals surface area contributed by atoms with Crippen molar-refractivity contribution in [1.29, 1.82) is 0 Å². The molecule has 0 spiro atoms. The first kappa shape index (κ1) is 27.5. The van der Waals surface area contributed by atoms with E-state index >= 15 is 0 Å². The fourth-order valence-electron chi connectivity index (χ4n) is 6.28. The number of rotatable bonds is 4. The molecular weight excluding hydrogens is 490 g/mol. The first-order valence-corrected chi connectivity index (χ1v) is 14.5. The maximum Gasteiger partial charge on any atom is 0.317 e. The van der Waals surface area contributed by atoms with E-state index in [4.69, 9.17) is 0 Å². The third-order valence-electron chi connectivity index (χ3n) is 8.40. The number of hydrogen-bond acceptors (Lipinski definition) is 5. The number of aryl methyl sites for hydroxylation is 2. The van der Waals surface area contributed by atoms with Crippen LogP contribution in [-0.2, 0) is 18.4 Å². The van der Waals surface area contributed by atoms with Gasteiger partial charge in [-0.2, -0.15) is 5.10 Å². The molecule has 9 nitrogen and oxygen atoms in total. The Hall–Kier alpha value is -3.07. The van der Waals surface area contributed by atoms with Gasteiger partial charge in [-0.05, 0) is 61.6 Å². The number of nitrogens with one attached hydrogen (secondary N) is 2. The van der Waals surface area contributed by atoms with E-state index in [2.05, 4.69) is 66.5 Å². The molecule has 0 bridgehead atoms. The Balaban J connectivity index is 1.13. The van der Waals surface area contributed by atoms with Gasteiger partial charge in [0.1, 0.15) is 5.82 Å². The molecule has 1 aliphatic carbocycles. The minimum Gasteiger partial charge on any atom is -0.338 e. The van der Waals surface area contributed by atoms with E-state index in [0.29, 0.717) is 19.0 Å². The number of carbonyl (C=O) groups is 2. The van der Waals surface area contributed by atoms with Crippen LogP contribution in [0.3, 0.4) is 0 Å². The van der Waals surface area contributed by atoms with Crippen molar-refractivity contribution < 1.29 is 9.59 Å². The summed E-state index contributed by atoms with van der Waals surface area (Å²) >= 11 is 0. The van der Waals surface area contributed by atoms with Gasteiger partial charge in [-0.25, -0.2) is 4.79 Å². The molecule has 9 heteroatoms. The molecular formula is C30H45N7O2. The lowest BCUT2D eigenvalue weighted by molar-refractivity contribution is -0.123. The number of hydrogen-bond donors (Lipinski definition) is 2. The highest BCUT2D eigenvalue weighted by molar-refractivity contribution is 5.99. The molecule has 1 saturated heterocycles. The van der Waals surface area contributed by atoms with Crippen molar-refractivity contribution in [3.05, 3.63) is 35.5 Å². The number of carbonyl (C=O) groups excluding carboxylic acids is 2. The van der Waals surface area contributed by atoms with Gasteiger partial charge in [-0.15, -0.1) is 0 Å². The van der Waals surface area contributed by atoms with Crippen LogP contribution in [0.25, 0.3) is 0 Å². The van der Waals surface area contributed by atoms with E-state index in [1.165, 1.54) is 0 Å². The number of benzene rings is 1. The van der Waals surface area contributed by atoms with E-state index in [1.807, 2.05) is 27.7 Å². The molecule has 3 aliphatic rings. The highest BCUT2D eigenvalue weighted by atomic mass is 16.2. The van der Waals surface area contributed by atoms with E-state index in [0.717, 1.165) is 86.7 Å². The van der Waals surface area contributed by atoms with Crippen molar-refractivity contribution in [1.82, 2.24) is 24.9 Å². The van der Waals surface area contributed by atoms with Crippen molar-refractivity contribution >= 4 is 29.1 Å². The summed E-state index contributed by atoms with van der Waals surface area (Å²) in [5.41, 5.74) is 4.32. The molecule has 1 aromatic heterocycles. The Kier molecular flexibility index (Phi) is 7.89. The van der Waals surface area contributed by atoms with E-state index in [9.17, 15) is 9.59 Å². The van der Waals surface area contributed by atoms with Crippen LogP contribution in [0.2, 0.25) is 0 Å². The lowest BCUT2D eigenvalue weighted by atomic mass is 9.81. The SMILES string of the molecule is Cc1ccc2c(c1)Nc1c(cnn1C)CN2C(=O)C1CCC(CNC(=O)N2CCN(CC(C)(C)C)CC2)CC1. The molecule has 2 fully saturated rings. The molecule has 3 amide bonds. The molecule has 2 N–H and O–H groups in total. The Labute approximate surface area is 232 Å². The average Bonchev–Trinajstić information content (AvgIpc) is 3.15. The molecule has 1 saturated carbocycles. The molecule has 0 radical (unpaired) electrons. The number of nitrogens with zero attached hydrogens (tertiary/aromatic N) is 5. The van der Waals surface area contributed by atoms with Gasteiger partial charge in [0.15, 0.2) is 0 Å². The molecule has 2 aromatic rings. The molecule has 2 aliphatic heterocycles. The summed E-state index contributed by atoms with van der Waals surface area (Å²) in [6, 6.07) is 6.28. The summed E-state index contributed by atoms with van der Waals surface area (Å²) in [5, 5.41) is 11.1. The lowest BCUT2D eigenvalue weighted by Crippen LogP contribution is -2.53. The molecule has 212 valence electrons. The van der Waals surface area contributed by atoms with Crippen LogP contribution in [0.1, 0.15) is 57.6 Å². The minimum atomic E-state index is 0.000204. The summed E-state index contributed by atoms with van der Waals surface area (Å²) in [4.78, 5) is 33.0. The van der Waals surface area contributed by atoms with Gasteiger partial charge in [-0.3, -0.25) is 14.4 Å². The second-order valence-electron chi connectivity index (χ2n) is 12.9. The van der Waals surface area contributed by atoms with E-state index in [-0.39, 0.29) is 23.3 Å². The van der Waals surface area contributed by atoms with Crippen molar-refractivity contribution in [3.8, 4) is 0 Å². The van der Waals surface area contributed by atoms with Crippen LogP contribution in [0.4, 0.5) is 22.0 Å². The van der Waals surface area contributed by atoms with Gasteiger partial charge in [0.05, 0.1) is 24.1 Å². The largest absolute Gasteiger partial charge is 0.338 e. The summed E-state index contributed by atoms with van der Waals surface area (Å²) in [6.07, 6.45) is 5.49. The Bertz CT molecular complexity index is 1180. The Morgan fingerprint density at radius 1 is 1.08 bits per heavy atom. The topological polar surface area (TPSA) is 85.7 Å². The van der Waals surface area contributed by atoms with E-state index in [1.54, 1.807) is 0 Å². The average molecular weight is 536 g/mol. The van der Waals surface area contributed by atoms with Crippen molar-refractivity contribution in [2.24, 2.45) is 24.3 Å². The first-order chi connectivity index (χ1) is 18.6. The minimum absolute atomic E-state index is 0.000204. The van der Waals surface area contributed by atoms with Crippen LogP contribution in [0.15, 0.2) is 24.4 Å². The summed E-state index contributed by atoms with van der Waals surface area (Å²) < 4.78 is 1.83. The Morgan fingerprint density at radius 2 is 1.79 bits per heavy atom. The number of amides is 3. The van der Waals surface area contributed by atoms with Gasteiger partial charge in [0, 0.05) is 57.8 Å². The maximum atomic E-state index is 13.9. The second kappa shape index (κ2) is 11.2. The van der Waals surface area contributed by atoms with Crippen LogP contribution in [-0.4, -0.2) is 70.8 Å². The number of piperazine rings is 1. The molecule has 0 atom stereocenters. The molecule has 39 heavy (non-hydrogen) atoms. The number of anilines is 3. The summed E-state index contributed by atoms with van der Waals surface area (Å²) in [7, 11) is 1.92. The van der Waals surface area contributed by atoms with Crippen LogP contribution >= 0.6 is 0 Å². The number of fused-ring (bicyclic) bond motifs is 2. The van der Waals surface area contributed by atoms with Gasteiger partial charge in [0.2, 0.25) is 5.91 Å². The van der Waals surface area contributed by atoms with Gasteiger partial charge in [-0.1, -0.05) is 26.8 Å². The van der Waals surface area contributed by atoms with Crippen molar-refractivity contribution in [2.45, 2.75) is 59.9 Å². The number of aromatic nitrogens is 2. The van der Waals surface area contributed by atoms with Crippen LogP contribution in [0, 0.1) is 24.2 Å². The zero-order valence-electron chi connectivity index (χ0n) is 24.3. The molecule has 1 aromatic carbocycles. The molecule has 3 heterocycles. The standard InChI is InChI=1S/C30H45N7O2/c1-21-6-11-26-25(16-21)33-27-24(18-32-34(27)5)19-37(26)28(38)23-9-7-22(8-10-23)17-31-29(39)36-14-12-35(13-15-36)20-30(2,3)4/h6,11,16,18,22-23,33H,7-10,12-15,17,19-20H2,1-5H3,(H,31,39). The maximum absolute atomic E-state index is 13.9. The fraction of sp³-hybridized carbons (Fsp3) is 0.633. The van der Waals surface area contributed by atoms with Gasteiger partial charge in [0.25, 0.3) is 0 Å². The highest BCUT2D eigenvalue weighted by Gasteiger charge is 2.34. The summed E-state index contributed by atoms with van der Waals surface area (Å²) in [5.74, 6) is 1.55. The predicted octanol–water partition coefficient (Wildman–Crippen LogP) is 4.50. The predicted molar refractivity (Wildman–Crippen MR) is 155 cm³/mol. The van der Waals surface area contributed by atoms with Gasteiger partial charge < -0.3 is 20.4 Å². The third-order valence-corrected chi connectivity index (χ3v) is 8.40. The highest BCUT2D eigenvalue weighted by Crippen LogP contribution is 2.39. The molecule has 0 unspecified atom stereocenters. The normalized spacial score (nSPS) is 22.0. The van der Waals surface area contributed by atoms with Gasteiger partial charge >= 0.3 is 6.03 Å². The molecule has 5 rings (SSSR count). The van der Waals surface area contributed by atoms with Crippen LogP contribution in [0.5, 0.6) is 0 Å². The van der Waals surface area contributed by atoms with Crippen LogP contribution < -0.4 is 15.5 Å². The van der Waals surface area contributed by atoms with Crippen molar-refractivity contribution in [3.63, 3.8) is 0 Å². The zero-order valence-corrected chi connectivity index (χ0v) is 24.3. The lowest BCUT2D eigenvalue weighted by Gasteiger charge is -2.38. The quantitative estimate of drug-likeness (QED) is 0.602.